The molecule has 1 aliphatic carbocycles. The van der Waals surface area contributed by atoms with E-state index in [9.17, 15) is 0 Å². The van der Waals surface area contributed by atoms with Gasteiger partial charge in [-0.3, -0.25) is 0 Å². The lowest BCUT2D eigenvalue weighted by Gasteiger charge is -2.11. The van der Waals surface area contributed by atoms with Crippen molar-refractivity contribution in [1.29, 1.82) is 0 Å². The van der Waals surface area contributed by atoms with Gasteiger partial charge in [0.05, 0.1) is 0 Å². The molecule has 2 aromatic rings. The van der Waals surface area contributed by atoms with E-state index in [0.717, 1.165) is 12.8 Å². The quantitative estimate of drug-likeness (QED) is 0.666. The van der Waals surface area contributed by atoms with Crippen LogP contribution in [0.4, 0.5) is 0 Å². The van der Waals surface area contributed by atoms with Gasteiger partial charge in [0.15, 0.2) is 0 Å². The van der Waals surface area contributed by atoms with Gasteiger partial charge in [-0.05, 0) is 48.1 Å². The van der Waals surface area contributed by atoms with Gasteiger partial charge in [-0.15, -0.1) is 0 Å². The van der Waals surface area contributed by atoms with Crippen LogP contribution in [0.15, 0.2) is 66.8 Å². The molecule has 2 aromatic carbocycles. The van der Waals surface area contributed by atoms with E-state index in [2.05, 4.69) is 73.7 Å². The van der Waals surface area contributed by atoms with E-state index in [4.69, 9.17) is 0 Å². The molecule has 19 heavy (non-hydrogen) atoms. The molecule has 0 aromatic heterocycles. The minimum atomic E-state index is 1.15. The van der Waals surface area contributed by atoms with Crippen LogP contribution < -0.4 is 0 Å². The van der Waals surface area contributed by atoms with E-state index in [0.29, 0.717) is 0 Å². The van der Waals surface area contributed by atoms with Crippen molar-refractivity contribution >= 4 is 5.57 Å². The third kappa shape index (κ3) is 2.68. The summed E-state index contributed by atoms with van der Waals surface area (Å²) in [7, 11) is 0. The highest BCUT2D eigenvalue weighted by Gasteiger charge is 2.05. The van der Waals surface area contributed by atoms with Gasteiger partial charge in [-0.25, -0.2) is 0 Å². The number of hydrogen-bond donors (Lipinski definition) is 0. The third-order valence-electron chi connectivity index (χ3n) is 3.60. The maximum Gasteiger partial charge on any atom is -0.0178 e. The van der Waals surface area contributed by atoms with Crippen LogP contribution in [0.2, 0.25) is 0 Å². The number of benzene rings is 2. The molecule has 0 fully saturated rings. The third-order valence-corrected chi connectivity index (χ3v) is 3.60. The Balaban J connectivity index is 2.00. The molecule has 0 N–H and O–H groups in total. The zero-order valence-electron chi connectivity index (χ0n) is 11.3. The molecule has 3 rings (SSSR count). The molecule has 0 heteroatoms. The van der Waals surface area contributed by atoms with Crippen LogP contribution >= 0.6 is 0 Å². The fraction of sp³-hybridized carbons (Fsp3) is 0.158. The van der Waals surface area contributed by atoms with Crippen LogP contribution in [0.5, 0.6) is 0 Å². The van der Waals surface area contributed by atoms with Crippen LogP contribution in [0.1, 0.15) is 24.0 Å². The minimum Gasteiger partial charge on any atom is -0.0842 e. The molecule has 0 spiro atoms. The molecule has 0 saturated heterocycles. The highest BCUT2D eigenvalue weighted by molar-refractivity contribution is 5.74. The summed E-state index contributed by atoms with van der Waals surface area (Å²) in [5.74, 6) is 0. The molecule has 0 atom stereocenters. The fourth-order valence-corrected chi connectivity index (χ4v) is 2.57. The van der Waals surface area contributed by atoms with Gasteiger partial charge in [0.2, 0.25) is 0 Å². The normalized spacial score (nSPS) is 14.3. The second kappa shape index (κ2) is 5.27. The smallest absolute Gasteiger partial charge is 0.0178 e. The molecule has 0 radical (unpaired) electrons. The first kappa shape index (κ1) is 12.0. The molecule has 0 aliphatic heterocycles. The van der Waals surface area contributed by atoms with Crippen molar-refractivity contribution in [2.24, 2.45) is 0 Å². The second-order valence-corrected chi connectivity index (χ2v) is 5.11. The summed E-state index contributed by atoms with van der Waals surface area (Å²) < 4.78 is 0. The average molecular weight is 246 g/mol. The summed E-state index contributed by atoms with van der Waals surface area (Å²) in [5, 5.41) is 0. The number of hydrogen-bond acceptors (Lipinski definition) is 0. The molecular formula is C19H18. The summed E-state index contributed by atoms with van der Waals surface area (Å²) in [4.78, 5) is 0. The SMILES string of the molecule is Cc1cccc(-c2cccc(C3=CC=CCC3)c2)c1. The number of allylic oxidation sites excluding steroid dienone is 4. The maximum absolute atomic E-state index is 2.31. The average Bonchev–Trinajstić information content (AvgIpc) is 2.48. The molecular weight excluding hydrogens is 228 g/mol. The largest absolute Gasteiger partial charge is 0.0842 e. The van der Waals surface area contributed by atoms with Crippen molar-refractivity contribution in [2.45, 2.75) is 19.8 Å². The summed E-state index contributed by atoms with van der Waals surface area (Å²) in [5.41, 5.74) is 6.70. The van der Waals surface area contributed by atoms with E-state index < -0.39 is 0 Å². The van der Waals surface area contributed by atoms with E-state index >= 15 is 0 Å². The molecule has 0 nitrogen and oxygen atoms in total. The lowest BCUT2D eigenvalue weighted by atomic mass is 9.94. The Morgan fingerprint density at radius 1 is 0.842 bits per heavy atom. The predicted octanol–water partition coefficient (Wildman–Crippen LogP) is 5.40. The first-order valence-corrected chi connectivity index (χ1v) is 6.86. The molecule has 0 bridgehead atoms. The lowest BCUT2D eigenvalue weighted by molar-refractivity contribution is 1.05. The Morgan fingerprint density at radius 2 is 1.58 bits per heavy atom. The van der Waals surface area contributed by atoms with Crippen LogP contribution in [-0.4, -0.2) is 0 Å². The first-order valence-electron chi connectivity index (χ1n) is 6.86. The van der Waals surface area contributed by atoms with Crippen molar-refractivity contribution in [1.82, 2.24) is 0 Å². The summed E-state index contributed by atoms with van der Waals surface area (Å²) in [6, 6.07) is 17.6. The summed E-state index contributed by atoms with van der Waals surface area (Å²) >= 11 is 0. The molecule has 94 valence electrons. The Hall–Kier alpha value is -2.08. The molecule has 0 amide bonds. The van der Waals surface area contributed by atoms with Crippen molar-refractivity contribution in [3.63, 3.8) is 0 Å². The Labute approximate surface area is 115 Å². The second-order valence-electron chi connectivity index (χ2n) is 5.11. The van der Waals surface area contributed by atoms with E-state index in [1.54, 1.807) is 0 Å². The van der Waals surface area contributed by atoms with Crippen molar-refractivity contribution in [3.8, 4) is 11.1 Å². The maximum atomic E-state index is 2.31. The number of rotatable bonds is 2. The van der Waals surface area contributed by atoms with E-state index in [1.807, 2.05) is 0 Å². The monoisotopic (exact) mass is 246 g/mol. The molecule has 0 heterocycles. The molecule has 0 saturated carbocycles. The van der Waals surface area contributed by atoms with Crippen LogP contribution in [0.25, 0.3) is 16.7 Å². The van der Waals surface area contributed by atoms with Crippen LogP contribution in [-0.2, 0) is 0 Å². The summed E-state index contributed by atoms with van der Waals surface area (Å²) in [6.07, 6.45) is 8.93. The van der Waals surface area contributed by atoms with Gasteiger partial charge >= 0.3 is 0 Å². The van der Waals surface area contributed by atoms with E-state index in [1.165, 1.54) is 27.8 Å². The summed E-state index contributed by atoms with van der Waals surface area (Å²) in [6.45, 7) is 2.14. The van der Waals surface area contributed by atoms with Gasteiger partial charge in [-0.1, -0.05) is 66.3 Å². The standard InChI is InChI=1S/C19H18/c1-15-7-5-10-17(13-15)19-12-6-11-18(14-19)16-8-3-2-4-9-16/h2-3,5-8,10-14H,4,9H2,1H3. The lowest BCUT2D eigenvalue weighted by Crippen LogP contribution is -1.89. The van der Waals surface area contributed by atoms with Gasteiger partial charge in [0.1, 0.15) is 0 Å². The highest BCUT2D eigenvalue weighted by Crippen LogP contribution is 2.28. The Morgan fingerprint density at radius 3 is 2.32 bits per heavy atom. The first-order chi connectivity index (χ1) is 9.33. The van der Waals surface area contributed by atoms with Gasteiger partial charge in [0, 0.05) is 0 Å². The Bertz CT molecular complexity index is 645. The zero-order valence-corrected chi connectivity index (χ0v) is 11.3. The fourth-order valence-electron chi connectivity index (χ4n) is 2.57. The number of aryl methyl sites for hydroxylation is 1. The Kier molecular flexibility index (Phi) is 3.33. The van der Waals surface area contributed by atoms with Crippen molar-refractivity contribution in [2.75, 3.05) is 0 Å². The highest BCUT2D eigenvalue weighted by atomic mass is 14.1. The molecule has 1 aliphatic rings. The van der Waals surface area contributed by atoms with Crippen molar-refractivity contribution in [3.05, 3.63) is 77.9 Å². The minimum absolute atomic E-state index is 1.15. The predicted molar refractivity (Wildman–Crippen MR) is 83.0 cm³/mol. The van der Waals surface area contributed by atoms with Gasteiger partial charge in [-0.2, -0.15) is 0 Å². The molecule has 0 unspecified atom stereocenters. The van der Waals surface area contributed by atoms with Crippen LogP contribution in [0, 0.1) is 6.92 Å². The van der Waals surface area contributed by atoms with Crippen LogP contribution in [0.3, 0.4) is 0 Å². The van der Waals surface area contributed by atoms with Gasteiger partial charge in [0.25, 0.3) is 0 Å². The van der Waals surface area contributed by atoms with E-state index in [-0.39, 0.29) is 0 Å². The topological polar surface area (TPSA) is 0 Å². The van der Waals surface area contributed by atoms with Crippen molar-refractivity contribution < 1.29 is 0 Å². The zero-order chi connectivity index (χ0) is 13.1. The van der Waals surface area contributed by atoms with Gasteiger partial charge < -0.3 is 0 Å².